The second-order valence-corrected chi connectivity index (χ2v) is 2.71. The number of carboxylic acid groups (broad SMARTS) is 1. The molecule has 0 aromatic heterocycles. The standard InChI is InChI=1S/C8H14N2O4/c1-3-4-10(2)8(14)9-5-6(11)7(12)13/h3,6,11H,1,4-5H2,2H3,(H,9,14)(H,12,13)/t6-/m0/s1. The Balaban J connectivity index is 3.84. The molecule has 0 saturated heterocycles. The molecule has 0 unspecified atom stereocenters. The molecule has 6 nitrogen and oxygen atoms in total. The molecule has 0 aliphatic rings. The summed E-state index contributed by atoms with van der Waals surface area (Å²) >= 11 is 0. The van der Waals surface area contributed by atoms with Crippen molar-refractivity contribution in [3.8, 4) is 0 Å². The van der Waals surface area contributed by atoms with Crippen LogP contribution in [0.4, 0.5) is 4.79 Å². The van der Waals surface area contributed by atoms with Gasteiger partial charge >= 0.3 is 12.0 Å². The van der Waals surface area contributed by atoms with Gasteiger partial charge in [0.1, 0.15) is 0 Å². The van der Waals surface area contributed by atoms with E-state index >= 15 is 0 Å². The Morgan fingerprint density at radius 3 is 2.64 bits per heavy atom. The van der Waals surface area contributed by atoms with Crippen molar-refractivity contribution < 1.29 is 19.8 Å². The quantitative estimate of drug-likeness (QED) is 0.512. The Labute approximate surface area is 81.8 Å². The highest BCUT2D eigenvalue weighted by Gasteiger charge is 2.15. The van der Waals surface area contributed by atoms with Crippen molar-refractivity contribution >= 4 is 12.0 Å². The maximum Gasteiger partial charge on any atom is 0.334 e. The predicted molar refractivity (Wildman–Crippen MR) is 49.9 cm³/mol. The zero-order valence-corrected chi connectivity index (χ0v) is 7.93. The maximum absolute atomic E-state index is 11.1. The zero-order valence-electron chi connectivity index (χ0n) is 7.93. The van der Waals surface area contributed by atoms with Crippen LogP contribution in [0.3, 0.4) is 0 Å². The second-order valence-electron chi connectivity index (χ2n) is 2.71. The van der Waals surface area contributed by atoms with Gasteiger partial charge < -0.3 is 20.4 Å². The fourth-order valence-corrected chi connectivity index (χ4v) is 0.683. The number of aliphatic hydroxyl groups excluding tert-OH is 1. The number of rotatable bonds is 5. The molecule has 0 saturated carbocycles. The fraction of sp³-hybridized carbons (Fsp3) is 0.500. The van der Waals surface area contributed by atoms with E-state index in [-0.39, 0.29) is 6.54 Å². The van der Waals surface area contributed by atoms with Crippen LogP contribution in [0.25, 0.3) is 0 Å². The Morgan fingerprint density at radius 1 is 1.64 bits per heavy atom. The summed E-state index contributed by atoms with van der Waals surface area (Å²) in [5.74, 6) is -1.36. The summed E-state index contributed by atoms with van der Waals surface area (Å²) in [6, 6.07) is -0.454. The van der Waals surface area contributed by atoms with E-state index in [9.17, 15) is 9.59 Å². The number of urea groups is 1. The van der Waals surface area contributed by atoms with Crippen LogP contribution in [-0.2, 0) is 4.79 Å². The van der Waals surface area contributed by atoms with Gasteiger partial charge in [-0.1, -0.05) is 6.08 Å². The van der Waals surface area contributed by atoms with Crippen molar-refractivity contribution in [2.24, 2.45) is 0 Å². The molecule has 3 N–H and O–H groups in total. The lowest BCUT2D eigenvalue weighted by Crippen LogP contribution is -2.42. The Kier molecular flexibility index (Phi) is 5.31. The van der Waals surface area contributed by atoms with Gasteiger partial charge in [0.05, 0.1) is 6.54 Å². The largest absolute Gasteiger partial charge is 0.479 e. The number of hydrogen-bond acceptors (Lipinski definition) is 3. The van der Waals surface area contributed by atoms with Crippen molar-refractivity contribution in [1.82, 2.24) is 10.2 Å². The van der Waals surface area contributed by atoms with Crippen LogP contribution in [0.15, 0.2) is 12.7 Å². The van der Waals surface area contributed by atoms with E-state index in [2.05, 4.69) is 11.9 Å². The maximum atomic E-state index is 11.1. The lowest BCUT2D eigenvalue weighted by Gasteiger charge is -2.16. The average molecular weight is 202 g/mol. The predicted octanol–water partition coefficient (Wildman–Crippen LogP) is -0.741. The molecule has 1 atom stereocenters. The molecular formula is C8H14N2O4. The van der Waals surface area contributed by atoms with E-state index in [0.29, 0.717) is 6.54 Å². The zero-order chi connectivity index (χ0) is 11.1. The molecule has 0 aromatic rings. The van der Waals surface area contributed by atoms with Gasteiger partial charge in [-0.3, -0.25) is 0 Å². The molecule has 0 rings (SSSR count). The highest BCUT2D eigenvalue weighted by Crippen LogP contribution is 1.86. The molecule has 0 radical (unpaired) electrons. The minimum atomic E-state index is -1.57. The first-order chi connectivity index (χ1) is 6.49. The number of nitrogens with zero attached hydrogens (tertiary/aromatic N) is 1. The first kappa shape index (κ1) is 12.4. The molecule has 80 valence electrons. The molecule has 0 aromatic carbocycles. The topological polar surface area (TPSA) is 89.9 Å². The molecular weight excluding hydrogens is 188 g/mol. The van der Waals surface area contributed by atoms with Crippen molar-refractivity contribution in [3.05, 3.63) is 12.7 Å². The van der Waals surface area contributed by atoms with E-state index in [1.54, 1.807) is 0 Å². The summed E-state index contributed by atoms with van der Waals surface area (Å²) in [7, 11) is 1.53. The molecule has 0 spiro atoms. The summed E-state index contributed by atoms with van der Waals surface area (Å²) in [5.41, 5.74) is 0. The molecule has 6 heteroatoms. The van der Waals surface area contributed by atoms with Crippen molar-refractivity contribution in [2.45, 2.75) is 6.10 Å². The van der Waals surface area contributed by atoms with Crippen LogP contribution < -0.4 is 5.32 Å². The van der Waals surface area contributed by atoms with Gasteiger partial charge in [-0.15, -0.1) is 6.58 Å². The molecule has 0 aliphatic heterocycles. The summed E-state index contributed by atoms with van der Waals surface area (Å²) in [5, 5.41) is 19.4. The Hall–Kier alpha value is -1.56. The SMILES string of the molecule is C=CCN(C)C(=O)NC[C@H](O)C(=O)O. The van der Waals surface area contributed by atoms with Crippen molar-refractivity contribution in [1.29, 1.82) is 0 Å². The number of hydrogen-bond donors (Lipinski definition) is 3. The molecule has 0 aliphatic carbocycles. The second kappa shape index (κ2) is 5.98. The van der Waals surface area contributed by atoms with Crippen LogP contribution in [0.5, 0.6) is 0 Å². The minimum absolute atomic E-state index is 0.310. The molecule has 0 heterocycles. The normalized spacial score (nSPS) is 11.6. The number of nitrogens with one attached hydrogen (secondary N) is 1. The first-order valence-corrected chi connectivity index (χ1v) is 3.99. The summed E-state index contributed by atoms with van der Waals surface area (Å²) < 4.78 is 0. The van der Waals surface area contributed by atoms with Gasteiger partial charge in [-0.05, 0) is 0 Å². The number of amides is 2. The van der Waals surface area contributed by atoms with E-state index in [0.717, 1.165) is 0 Å². The van der Waals surface area contributed by atoms with Crippen LogP contribution in [0.2, 0.25) is 0 Å². The lowest BCUT2D eigenvalue weighted by atomic mass is 10.3. The van der Waals surface area contributed by atoms with Crippen LogP contribution in [0.1, 0.15) is 0 Å². The van der Waals surface area contributed by atoms with Gasteiger partial charge in [-0.2, -0.15) is 0 Å². The summed E-state index contributed by atoms with van der Waals surface area (Å²) in [4.78, 5) is 22.6. The van der Waals surface area contributed by atoms with Gasteiger partial charge in [-0.25, -0.2) is 9.59 Å². The Morgan fingerprint density at radius 2 is 2.21 bits per heavy atom. The smallest absolute Gasteiger partial charge is 0.334 e. The van der Waals surface area contributed by atoms with Crippen LogP contribution >= 0.6 is 0 Å². The van der Waals surface area contributed by atoms with Crippen molar-refractivity contribution in [3.63, 3.8) is 0 Å². The third kappa shape index (κ3) is 4.46. The molecule has 0 bridgehead atoms. The average Bonchev–Trinajstić information content (AvgIpc) is 2.13. The van der Waals surface area contributed by atoms with E-state index in [1.807, 2.05) is 0 Å². The molecule has 2 amide bonds. The highest BCUT2D eigenvalue weighted by atomic mass is 16.4. The number of aliphatic hydroxyl groups is 1. The third-order valence-electron chi connectivity index (χ3n) is 1.48. The third-order valence-corrected chi connectivity index (χ3v) is 1.48. The van der Waals surface area contributed by atoms with Crippen LogP contribution in [0, 0.1) is 0 Å². The van der Waals surface area contributed by atoms with E-state index in [1.165, 1.54) is 18.0 Å². The monoisotopic (exact) mass is 202 g/mol. The van der Waals surface area contributed by atoms with Gasteiger partial charge in [0, 0.05) is 13.6 Å². The number of aliphatic carboxylic acids is 1. The summed E-state index contributed by atoms with van der Waals surface area (Å²) in [6.07, 6.45) is -0.0381. The van der Waals surface area contributed by atoms with Crippen LogP contribution in [-0.4, -0.2) is 53.4 Å². The number of carbonyl (C=O) groups is 2. The highest BCUT2D eigenvalue weighted by molar-refractivity contribution is 5.76. The Bertz CT molecular complexity index is 229. The van der Waals surface area contributed by atoms with E-state index < -0.39 is 18.1 Å². The molecule has 0 fully saturated rings. The summed E-state index contributed by atoms with van der Waals surface area (Å²) in [6.45, 7) is 3.49. The lowest BCUT2D eigenvalue weighted by molar-refractivity contribution is -0.146. The number of likely N-dealkylation sites (N-methyl/N-ethyl adjacent to an activating group) is 1. The fourth-order valence-electron chi connectivity index (χ4n) is 0.683. The van der Waals surface area contributed by atoms with Gasteiger partial charge in [0.15, 0.2) is 6.10 Å². The minimum Gasteiger partial charge on any atom is -0.479 e. The molecule has 14 heavy (non-hydrogen) atoms. The van der Waals surface area contributed by atoms with Gasteiger partial charge in [0.2, 0.25) is 0 Å². The number of carboxylic acids is 1. The van der Waals surface area contributed by atoms with E-state index in [4.69, 9.17) is 10.2 Å². The number of carbonyl (C=O) groups excluding carboxylic acids is 1. The first-order valence-electron chi connectivity index (χ1n) is 3.99. The van der Waals surface area contributed by atoms with Crippen molar-refractivity contribution in [2.75, 3.05) is 20.1 Å². The van der Waals surface area contributed by atoms with Gasteiger partial charge in [0.25, 0.3) is 0 Å².